The molecule has 0 aromatic heterocycles. The van der Waals surface area contributed by atoms with Gasteiger partial charge in [0.1, 0.15) is 11.2 Å². The first kappa shape index (κ1) is 18.0. The Morgan fingerprint density at radius 1 is 1.00 bits per heavy atom. The first-order chi connectivity index (χ1) is 11.5. The van der Waals surface area contributed by atoms with E-state index in [2.05, 4.69) is 0 Å². The van der Waals surface area contributed by atoms with Crippen LogP contribution in [0.2, 0.25) is 0 Å². The predicted octanol–water partition coefficient (Wildman–Crippen LogP) is 0.790. The standard InChI is InChI=1S/C17H24N2O6/c1-9-6-10(20)7-11(12-8-24-16(2,3)25-12)17(9)13(21)18(4)15(23)19(5)14(17)22/h9,11-12H,6-8H2,1-5H3/t9-,11-,12+/m0/s1. The van der Waals surface area contributed by atoms with Crippen molar-refractivity contribution in [2.75, 3.05) is 20.7 Å². The number of amides is 4. The van der Waals surface area contributed by atoms with Crippen molar-refractivity contribution in [2.24, 2.45) is 17.3 Å². The number of hydrogen-bond donors (Lipinski definition) is 0. The highest BCUT2D eigenvalue weighted by Crippen LogP contribution is 2.52. The highest BCUT2D eigenvalue weighted by atomic mass is 16.7. The van der Waals surface area contributed by atoms with E-state index >= 15 is 0 Å². The molecule has 0 unspecified atom stereocenters. The van der Waals surface area contributed by atoms with Gasteiger partial charge in [0.05, 0.1) is 12.7 Å². The van der Waals surface area contributed by atoms with Gasteiger partial charge in [0.15, 0.2) is 5.79 Å². The lowest BCUT2D eigenvalue weighted by atomic mass is 9.56. The summed E-state index contributed by atoms with van der Waals surface area (Å²) in [5.74, 6) is -3.16. The van der Waals surface area contributed by atoms with Crippen LogP contribution in [0.3, 0.4) is 0 Å². The molecule has 0 radical (unpaired) electrons. The fraction of sp³-hybridized carbons (Fsp3) is 0.765. The molecule has 1 spiro atoms. The van der Waals surface area contributed by atoms with E-state index in [0.717, 1.165) is 9.80 Å². The molecule has 8 nitrogen and oxygen atoms in total. The SMILES string of the molecule is C[C@H]1CC(=O)C[C@@H]([C@H]2COC(C)(C)O2)C12C(=O)N(C)C(=O)N(C)C2=O. The molecule has 0 aromatic rings. The smallest absolute Gasteiger partial charge is 0.332 e. The van der Waals surface area contributed by atoms with Gasteiger partial charge < -0.3 is 9.47 Å². The first-order valence-corrected chi connectivity index (χ1v) is 8.46. The number of carbonyl (C=O) groups is 4. The second-order valence-electron chi connectivity index (χ2n) is 7.70. The minimum atomic E-state index is -1.49. The summed E-state index contributed by atoms with van der Waals surface area (Å²) in [6.07, 6.45) is -0.382. The Hall–Kier alpha value is -1.80. The molecule has 4 amide bonds. The molecule has 2 saturated heterocycles. The van der Waals surface area contributed by atoms with Gasteiger partial charge in [0, 0.05) is 32.9 Å². The second kappa shape index (κ2) is 5.60. The zero-order valence-corrected chi connectivity index (χ0v) is 15.2. The number of nitrogens with zero attached hydrogens (tertiary/aromatic N) is 2. The molecule has 1 aliphatic carbocycles. The van der Waals surface area contributed by atoms with Crippen LogP contribution in [0.15, 0.2) is 0 Å². The summed E-state index contributed by atoms with van der Waals surface area (Å²) in [5.41, 5.74) is -1.49. The molecular formula is C17H24N2O6. The van der Waals surface area contributed by atoms with Gasteiger partial charge in [0.2, 0.25) is 11.8 Å². The summed E-state index contributed by atoms with van der Waals surface area (Å²) >= 11 is 0. The van der Waals surface area contributed by atoms with E-state index in [9.17, 15) is 19.2 Å². The molecule has 3 rings (SSSR count). The minimum absolute atomic E-state index is 0.0146. The number of hydrogen-bond acceptors (Lipinski definition) is 6. The van der Waals surface area contributed by atoms with Crippen molar-refractivity contribution in [3.05, 3.63) is 0 Å². The van der Waals surface area contributed by atoms with Crippen molar-refractivity contribution < 1.29 is 28.7 Å². The zero-order valence-electron chi connectivity index (χ0n) is 15.2. The number of ketones is 1. The normalized spacial score (nSPS) is 35.0. The molecule has 0 N–H and O–H groups in total. The second-order valence-corrected chi connectivity index (χ2v) is 7.70. The molecular weight excluding hydrogens is 328 g/mol. The van der Waals surface area contributed by atoms with Crippen molar-refractivity contribution >= 4 is 23.6 Å². The summed E-state index contributed by atoms with van der Waals surface area (Å²) in [5, 5.41) is 0. The summed E-state index contributed by atoms with van der Waals surface area (Å²) in [7, 11) is 2.73. The van der Waals surface area contributed by atoms with Crippen LogP contribution >= 0.6 is 0 Å². The lowest BCUT2D eigenvalue weighted by Crippen LogP contribution is -2.70. The molecule has 3 aliphatic rings. The number of Topliss-reactive ketones (excluding diaryl/α,β-unsaturated/α-hetero) is 1. The van der Waals surface area contributed by atoms with E-state index < -0.39 is 47.0 Å². The maximum absolute atomic E-state index is 13.2. The van der Waals surface area contributed by atoms with Gasteiger partial charge in [-0.1, -0.05) is 6.92 Å². The molecule has 138 valence electrons. The van der Waals surface area contributed by atoms with Gasteiger partial charge in [-0.2, -0.15) is 0 Å². The average Bonchev–Trinajstić information content (AvgIpc) is 2.90. The first-order valence-electron chi connectivity index (χ1n) is 8.46. The van der Waals surface area contributed by atoms with E-state index in [1.54, 1.807) is 20.8 Å². The Morgan fingerprint density at radius 2 is 1.56 bits per heavy atom. The van der Waals surface area contributed by atoms with Crippen LogP contribution in [0, 0.1) is 17.3 Å². The lowest BCUT2D eigenvalue weighted by molar-refractivity contribution is -0.185. The zero-order chi connectivity index (χ0) is 18.7. The Labute approximate surface area is 146 Å². The van der Waals surface area contributed by atoms with Gasteiger partial charge in [-0.05, 0) is 19.8 Å². The van der Waals surface area contributed by atoms with Gasteiger partial charge >= 0.3 is 6.03 Å². The van der Waals surface area contributed by atoms with Crippen molar-refractivity contribution in [1.29, 1.82) is 0 Å². The van der Waals surface area contributed by atoms with Gasteiger partial charge in [0.25, 0.3) is 0 Å². The highest BCUT2D eigenvalue weighted by Gasteiger charge is 2.66. The predicted molar refractivity (Wildman–Crippen MR) is 85.2 cm³/mol. The quantitative estimate of drug-likeness (QED) is 0.648. The third-order valence-electron chi connectivity index (χ3n) is 5.71. The van der Waals surface area contributed by atoms with E-state index in [1.807, 2.05) is 0 Å². The third-order valence-corrected chi connectivity index (χ3v) is 5.71. The van der Waals surface area contributed by atoms with Crippen LogP contribution in [0.1, 0.15) is 33.6 Å². The fourth-order valence-corrected chi connectivity index (χ4v) is 4.48. The van der Waals surface area contributed by atoms with Crippen molar-refractivity contribution in [3.8, 4) is 0 Å². The van der Waals surface area contributed by atoms with Crippen LogP contribution in [0.4, 0.5) is 4.79 Å². The molecule has 0 aromatic carbocycles. The van der Waals surface area contributed by atoms with E-state index in [-0.39, 0.29) is 25.2 Å². The van der Waals surface area contributed by atoms with E-state index in [4.69, 9.17) is 9.47 Å². The molecule has 3 atom stereocenters. The van der Waals surface area contributed by atoms with Gasteiger partial charge in [-0.15, -0.1) is 0 Å². The Bertz CT molecular complexity index is 634. The maximum Gasteiger partial charge on any atom is 0.332 e. The van der Waals surface area contributed by atoms with Crippen LogP contribution in [0.5, 0.6) is 0 Å². The van der Waals surface area contributed by atoms with Crippen molar-refractivity contribution in [1.82, 2.24) is 9.80 Å². The summed E-state index contributed by atoms with van der Waals surface area (Å²) in [6, 6.07) is -0.660. The maximum atomic E-state index is 13.2. The molecule has 0 bridgehead atoms. The molecule has 1 saturated carbocycles. The van der Waals surface area contributed by atoms with E-state index in [1.165, 1.54) is 14.1 Å². The fourth-order valence-electron chi connectivity index (χ4n) is 4.48. The Balaban J connectivity index is 2.11. The number of urea groups is 1. The van der Waals surface area contributed by atoms with Crippen LogP contribution in [-0.4, -0.2) is 66.0 Å². The van der Waals surface area contributed by atoms with Gasteiger partial charge in [-0.3, -0.25) is 24.2 Å². The van der Waals surface area contributed by atoms with E-state index in [0.29, 0.717) is 0 Å². The molecule has 3 fully saturated rings. The van der Waals surface area contributed by atoms with Crippen LogP contribution < -0.4 is 0 Å². The summed E-state index contributed by atoms with van der Waals surface area (Å²) < 4.78 is 11.5. The topological polar surface area (TPSA) is 93.2 Å². The number of rotatable bonds is 1. The van der Waals surface area contributed by atoms with Crippen molar-refractivity contribution in [2.45, 2.75) is 45.5 Å². The third kappa shape index (κ3) is 2.42. The number of imide groups is 2. The van der Waals surface area contributed by atoms with Crippen LogP contribution in [-0.2, 0) is 23.9 Å². The number of ether oxygens (including phenoxy) is 2. The van der Waals surface area contributed by atoms with Gasteiger partial charge in [-0.25, -0.2) is 4.79 Å². The highest BCUT2D eigenvalue weighted by molar-refractivity contribution is 6.19. The largest absolute Gasteiger partial charge is 0.348 e. The molecule has 25 heavy (non-hydrogen) atoms. The van der Waals surface area contributed by atoms with Crippen molar-refractivity contribution in [3.63, 3.8) is 0 Å². The summed E-state index contributed by atoms with van der Waals surface area (Å²) in [6.45, 7) is 5.42. The summed E-state index contributed by atoms with van der Waals surface area (Å²) in [4.78, 5) is 52.7. The molecule has 8 heteroatoms. The average molecular weight is 352 g/mol. The number of carbonyl (C=O) groups excluding carboxylic acids is 4. The minimum Gasteiger partial charge on any atom is -0.348 e. The lowest BCUT2D eigenvalue weighted by Gasteiger charge is -2.51. The van der Waals surface area contributed by atoms with Crippen LogP contribution in [0.25, 0.3) is 0 Å². The monoisotopic (exact) mass is 352 g/mol. The Morgan fingerprint density at radius 3 is 2.04 bits per heavy atom. The number of barbiturate groups is 1. The molecule has 2 aliphatic heterocycles. The Kier molecular flexibility index (Phi) is 4.04. The molecule has 2 heterocycles.